The van der Waals surface area contributed by atoms with Crippen LogP contribution in [0.2, 0.25) is 0 Å². The van der Waals surface area contributed by atoms with Gasteiger partial charge in [0.15, 0.2) is 11.5 Å². The maximum absolute atomic E-state index is 13.4. The maximum Gasteiger partial charge on any atom is 0.256 e. The molecule has 1 aliphatic heterocycles. The summed E-state index contributed by atoms with van der Waals surface area (Å²) in [6, 6.07) is 9.28. The van der Waals surface area contributed by atoms with Crippen molar-refractivity contribution in [2.45, 2.75) is 31.5 Å². The Morgan fingerprint density at radius 2 is 1.83 bits per heavy atom. The minimum Gasteiger partial charge on any atom is -0.448 e. The van der Waals surface area contributed by atoms with Gasteiger partial charge < -0.3 is 14.8 Å². The Labute approximate surface area is 147 Å². The van der Waals surface area contributed by atoms with E-state index in [2.05, 4.69) is 21.2 Å². The largest absolute Gasteiger partial charge is 0.448 e. The topological polar surface area (TPSA) is 47.6 Å². The van der Waals surface area contributed by atoms with Gasteiger partial charge in [0.1, 0.15) is 5.82 Å². The molecule has 124 valence electrons. The number of amides is 1. The fourth-order valence-corrected chi connectivity index (χ4v) is 3.59. The van der Waals surface area contributed by atoms with E-state index < -0.39 is 17.5 Å². The summed E-state index contributed by atoms with van der Waals surface area (Å²) in [5.41, 5.74) is 0.813. The SMILES string of the molecule is O=C(Nc1ccc2c(c1)OC1(CCCC1)O2)c1cc(F)ccc1Br. The second-order valence-corrected chi connectivity index (χ2v) is 6.92. The lowest BCUT2D eigenvalue weighted by atomic mass is 10.2. The van der Waals surface area contributed by atoms with Crippen molar-refractivity contribution in [1.29, 1.82) is 0 Å². The summed E-state index contributed by atoms with van der Waals surface area (Å²) < 4.78 is 25.8. The second kappa shape index (κ2) is 5.77. The lowest BCUT2D eigenvalue weighted by molar-refractivity contribution is -0.0716. The van der Waals surface area contributed by atoms with Gasteiger partial charge in [0.2, 0.25) is 0 Å². The van der Waals surface area contributed by atoms with Gasteiger partial charge in [-0.05, 0) is 59.1 Å². The fourth-order valence-electron chi connectivity index (χ4n) is 3.16. The summed E-state index contributed by atoms with van der Waals surface area (Å²) in [4.78, 5) is 12.4. The Bertz CT molecular complexity index is 818. The van der Waals surface area contributed by atoms with E-state index in [1.165, 1.54) is 18.2 Å². The van der Waals surface area contributed by atoms with Crippen molar-refractivity contribution in [3.8, 4) is 11.5 Å². The normalized spacial score (nSPS) is 17.2. The zero-order valence-electron chi connectivity index (χ0n) is 12.8. The Morgan fingerprint density at radius 1 is 1.08 bits per heavy atom. The van der Waals surface area contributed by atoms with E-state index in [9.17, 15) is 9.18 Å². The third-order valence-corrected chi connectivity index (χ3v) is 5.02. The Morgan fingerprint density at radius 3 is 2.62 bits per heavy atom. The number of hydrogen-bond acceptors (Lipinski definition) is 3. The molecule has 0 bridgehead atoms. The molecule has 1 heterocycles. The molecule has 0 saturated heterocycles. The molecular weight excluding hydrogens is 377 g/mol. The number of rotatable bonds is 2. The molecule has 0 unspecified atom stereocenters. The van der Waals surface area contributed by atoms with E-state index in [1.54, 1.807) is 18.2 Å². The van der Waals surface area contributed by atoms with Crippen molar-refractivity contribution >= 4 is 27.5 Å². The first kappa shape index (κ1) is 15.4. The van der Waals surface area contributed by atoms with Crippen LogP contribution in [0.5, 0.6) is 11.5 Å². The van der Waals surface area contributed by atoms with Gasteiger partial charge in [0, 0.05) is 29.1 Å². The number of benzene rings is 2. The summed E-state index contributed by atoms with van der Waals surface area (Å²) in [5, 5.41) is 2.76. The number of ether oxygens (including phenoxy) is 2. The standard InChI is InChI=1S/C18H15BrFNO3/c19-14-5-3-11(20)9-13(14)17(22)21-12-4-6-15-16(10-12)24-18(23-15)7-1-2-8-18/h3-6,9-10H,1-2,7-8H2,(H,21,22). The van der Waals surface area contributed by atoms with E-state index >= 15 is 0 Å². The van der Waals surface area contributed by atoms with Crippen LogP contribution in [0.15, 0.2) is 40.9 Å². The molecule has 1 N–H and O–H groups in total. The maximum atomic E-state index is 13.4. The molecule has 2 aromatic rings. The molecule has 0 radical (unpaired) electrons. The summed E-state index contributed by atoms with van der Waals surface area (Å²) in [6.45, 7) is 0. The third-order valence-electron chi connectivity index (χ3n) is 4.33. The van der Waals surface area contributed by atoms with Crippen LogP contribution in [0.4, 0.5) is 10.1 Å². The van der Waals surface area contributed by atoms with Crippen LogP contribution in [0.1, 0.15) is 36.0 Å². The first-order chi connectivity index (χ1) is 11.5. The van der Waals surface area contributed by atoms with Crippen molar-refractivity contribution in [3.05, 3.63) is 52.3 Å². The minimum atomic E-state index is -0.531. The smallest absolute Gasteiger partial charge is 0.256 e. The number of carbonyl (C=O) groups excluding carboxylic acids is 1. The molecule has 1 fully saturated rings. The summed E-state index contributed by atoms with van der Waals surface area (Å²) in [5.74, 6) is -0.0563. The molecule has 2 aromatic carbocycles. The van der Waals surface area contributed by atoms with Crippen LogP contribution in [0, 0.1) is 5.82 Å². The highest BCUT2D eigenvalue weighted by molar-refractivity contribution is 9.10. The Kier molecular flexibility index (Phi) is 3.72. The molecule has 1 aliphatic carbocycles. The van der Waals surface area contributed by atoms with Gasteiger partial charge in [0.25, 0.3) is 11.7 Å². The van der Waals surface area contributed by atoms with Crippen molar-refractivity contribution in [2.24, 2.45) is 0 Å². The summed E-state index contributed by atoms with van der Waals surface area (Å²) in [7, 11) is 0. The van der Waals surface area contributed by atoms with Gasteiger partial charge in [-0.1, -0.05) is 0 Å². The molecule has 1 spiro atoms. The molecule has 1 amide bonds. The van der Waals surface area contributed by atoms with Crippen molar-refractivity contribution in [1.82, 2.24) is 0 Å². The second-order valence-electron chi connectivity index (χ2n) is 6.06. The summed E-state index contributed by atoms with van der Waals surface area (Å²) in [6.07, 6.45) is 3.93. The zero-order chi connectivity index (χ0) is 16.7. The average Bonchev–Trinajstić information content (AvgIpc) is 3.15. The van der Waals surface area contributed by atoms with Gasteiger partial charge in [0.05, 0.1) is 5.56 Å². The van der Waals surface area contributed by atoms with E-state index in [4.69, 9.17) is 9.47 Å². The number of nitrogens with one attached hydrogen (secondary N) is 1. The van der Waals surface area contributed by atoms with Crippen LogP contribution < -0.4 is 14.8 Å². The monoisotopic (exact) mass is 391 g/mol. The highest BCUT2D eigenvalue weighted by Crippen LogP contribution is 2.47. The van der Waals surface area contributed by atoms with Crippen molar-refractivity contribution in [2.75, 3.05) is 5.32 Å². The molecule has 1 saturated carbocycles. The fraction of sp³-hybridized carbons (Fsp3) is 0.278. The Balaban J connectivity index is 1.54. The van der Waals surface area contributed by atoms with Crippen molar-refractivity contribution in [3.63, 3.8) is 0 Å². The molecule has 0 atom stereocenters. The van der Waals surface area contributed by atoms with Gasteiger partial charge in [-0.3, -0.25) is 4.79 Å². The minimum absolute atomic E-state index is 0.236. The predicted molar refractivity (Wildman–Crippen MR) is 91.0 cm³/mol. The van der Waals surface area contributed by atoms with Gasteiger partial charge in [-0.15, -0.1) is 0 Å². The van der Waals surface area contributed by atoms with Crippen LogP contribution in [0.25, 0.3) is 0 Å². The van der Waals surface area contributed by atoms with Crippen molar-refractivity contribution < 1.29 is 18.7 Å². The molecule has 0 aromatic heterocycles. The van der Waals surface area contributed by atoms with Crippen LogP contribution in [-0.2, 0) is 0 Å². The Hall–Kier alpha value is -2.08. The van der Waals surface area contributed by atoms with Gasteiger partial charge >= 0.3 is 0 Å². The van der Waals surface area contributed by atoms with Gasteiger partial charge in [-0.25, -0.2) is 4.39 Å². The number of hydrogen-bond donors (Lipinski definition) is 1. The number of anilines is 1. The molecule has 4 nitrogen and oxygen atoms in total. The van der Waals surface area contributed by atoms with Crippen LogP contribution in [-0.4, -0.2) is 11.7 Å². The quantitative estimate of drug-likeness (QED) is 0.793. The average molecular weight is 392 g/mol. The molecule has 4 rings (SSSR count). The van der Waals surface area contributed by atoms with E-state index in [0.717, 1.165) is 25.7 Å². The highest BCUT2D eigenvalue weighted by Gasteiger charge is 2.44. The molecule has 24 heavy (non-hydrogen) atoms. The number of fused-ring (bicyclic) bond motifs is 1. The third kappa shape index (κ3) is 2.75. The van der Waals surface area contributed by atoms with E-state index in [1.807, 2.05) is 0 Å². The van der Waals surface area contributed by atoms with E-state index in [0.29, 0.717) is 21.7 Å². The van der Waals surface area contributed by atoms with E-state index in [-0.39, 0.29) is 5.56 Å². The lowest BCUT2D eigenvalue weighted by Crippen LogP contribution is -2.34. The van der Waals surface area contributed by atoms with Gasteiger partial charge in [-0.2, -0.15) is 0 Å². The number of carbonyl (C=O) groups is 1. The number of halogens is 2. The molecule has 6 heteroatoms. The first-order valence-corrected chi connectivity index (χ1v) is 8.62. The van der Waals surface area contributed by atoms with Crippen LogP contribution in [0.3, 0.4) is 0 Å². The predicted octanol–water partition coefficient (Wildman–Crippen LogP) is 4.88. The summed E-state index contributed by atoms with van der Waals surface area (Å²) >= 11 is 3.26. The first-order valence-electron chi connectivity index (χ1n) is 7.83. The van der Waals surface area contributed by atoms with Crippen LogP contribution >= 0.6 is 15.9 Å². The zero-order valence-corrected chi connectivity index (χ0v) is 14.4. The molecule has 2 aliphatic rings. The molecular formula is C18H15BrFNO3. The highest BCUT2D eigenvalue weighted by atomic mass is 79.9. The lowest BCUT2D eigenvalue weighted by Gasteiger charge is -2.21.